The molecular formula is C8H14Cl2. The van der Waals surface area contributed by atoms with Crippen LogP contribution in [0.5, 0.6) is 0 Å². The molecule has 1 fully saturated rings. The second-order valence-corrected chi connectivity index (χ2v) is 4.83. The maximum atomic E-state index is 6.13. The number of rotatable bonds is 0. The molecule has 0 aromatic carbocycles. The van der Waals surface area contributed by atoms with Gasteiger partial charge in [0.05, 0.1) is 10.8 Å². The zero-order valence-electron chi connectivity index (χ0n) is 6.53. The molecule has 10 heavy (non-hydrogen) atoms. The number of hydrogen-bond acceptors (Lipinski definition) is 0. The molecule has 0 amide bonds. The summed E-state index contributed by atoms with van der Waals surface area (Å²) in [6.07, 6.45) is 3.52. The van der Waals surface area contributed by atoms with E-state index in [4.69, 9.17) is 23.2 Å². The molecule has 1 aliphatic rings. The van der Waals surface area contributed by atoms with E-state index < -0.39 is 0 Å². The molecule has 0 heterocycles. The number of hydrogen-bond donors (Lipinski definition) is 0. The molecule has 0 bridgehead atoms. The molecule has 0 aromatic heterocycles. The fraction of sp³-hybridized carbons (Fsp3) is 1.00. The topological polar surface area (TPSA) is 0 Å². The summed E-state index contributed by atoms with van der Waals surface area (Å²) in [6, 6.07) is 0. The van der Waals surface area contributed by atoms with Gasteiger partial charge in [-0.05, 0) is 18.3 Å². The highest BCUT2D eigenvalue weighted by Gasteiger charge is 2.36. The molecule has 2 atom stereocenters. The third-order valence-corrected chi connectivity index (χ3v) is 3.86. The summed E-state index contributed by atoms with van der Waals surface area (Å²) in [5.41, 5.74) is 0.242. The standard InChI is InChI=1S/C8H14Cl2/c1-8(2)5-3-4-6(9)7(8)10/h6-7H,3-5H2,1-2H3/t6-,7+/m0/s1. The first-order valence-electron chi connectivity index (χ1n) is 3.82. The van der Waals surface area contributed by atoms with Crippen molar-refractivity contribution in [1.29, 1.82) is 0 Å². The lowest BCUT2D eigenvalue weighted by Gasteiger charge is -2.37. The number of alkyl halides is 2. The van der Waals surface area contributed by atoms with Crippen LogP contribution in [0.1, 0.15) is 33.1 Å². The highest BCUT2D eigenvalue weighted by Crippen LogP contribution is 2.41. The van der Waals surface area contributed by atoms with Gasteiger partial charge in [0.15, 0.2) is 0 Å². The average molecular weight is 181 g/mol. The van der Waals surface area contributed by atoms with Gasteiger partial charge in [0.1, 0.15) is 0 Å². The van der Waals surface area contributed by atoms with E-state index in [1.165, 1.54) is 12.8 Å². The minimum absolute atomic E-state index is 0.155. The molecule has 0 aromatic rings. The van der Waals surface area contributed by atoms with Gasteiger partial charge in [-0.1, -0.05) is 20.3 Å². The van der Waals surface area contributed by atoms with Crippen LogP contribution in [0, 0.1) is 5.41 Å². The average Bonchev–Trinajstić information content (AvgIpc) is 1.83. The molecule has 1 aliphatic carbocycles. The first-order chi connectivity index (χ1) is 4.54. The van der Waals surface area contributed by atoms with E-state index in [0.29, 0.717) is 0 Å². The summed E-state index contributed by atoms with van der Waals surface area (Å²) < 4.78 is 0. The van der Waals surface area contributed by atoms with Gasteiger partial charge >= 0.3 is 0 Å². The fourth-order valence-electron chi connectivity index (χ4n) is 1.53. The SMILES string of the molecule is CC1(C)CCC[C@H](Cl)[C@H]1Cl. The van der Waals surface area contributed by atoms with E-state index in [0.717, 1.165) is 6.42 Å². The van der Waals surface area contributed by atoms with E-state index in [2.05, 4.69) is 13.8 Å². The van der Waals surface area contributed by atoms with Gasteiger partial charge in [-0.2, -0.15) is 0 Å². The summed E-state index contributed by atoms with van der Waals surface area (Å²) in [7, 11) is 0. The zero-order chi connectivity index (χ0) is 7.78. The Hall–Kier alpha value is 0.580. The van der Waals surface area contributed by atoms with Crippen molar-refractivity contribution in [3.05, 3.63) is 0 Å². The van der Waals surface area contributed by atoms with Gasteiger partial charge in [-0.25, -0.2) is 0 Å². The van der Waals surface area contributed by atoms with E-state index in [9.17, 15) is 0 Å². The minimum atomic E-state index is 0.155. The zero-order valence-corrected chi connectivity index (χ0v) is 8.04. The second-order valence-electron chi connectivity index (χ2n) is 3.80. The van der Waals surface area contributed by atoms with Crippen molar-refractivity contribution < 1.29 is 0 Å². The molecule has 0 unspecified atom stereocenters. The second kappa shape index (κ2) is 2.91. The van der Waals surface area contributed by atoms with Crippen molar-refractivity contribution in [2.75, 3.05) is 0 Å². The van der Waals surface area contributed by atoms with Crippen molar-refractivity contribution in [1.82, 2.24) is 0 Å². The Morgan fingerprint density at radius 1 is 1.30 bits per heavy atom. The molecule has 1 saturated carbocycles. The molecule has 1 rings (SSSR count). The molecular weight excluding hydrogens is 167 g/mol. The van der Waals surface area contributed by atoms with Gasteiger partial charge < -0.3 is 0 Å². The highest BCUT2D eigenvalue weighted by molar-refractivity contribution is 6.30. The minimum Gasteiger partial charge on any atom is -0.121 e. The Balaban J connectivity index is 2.60. The van der Waals surface area contributed by atoms with Crippen LogP contribution in [-0.2, 0) is 0 Å². The Morgan fingerprint density at radius 3 is 2.30 bits per heavy atom. The predicted octanol–water partition coefficient (Wildman–Crippen LogP) is 3.41. The van der Waals surface area contributed by atoms with Crippen LogP contribution in [0.2, 0.25) is 0 Å². The van der Waals surface area contributed by atoms with Crippen molar-refractivity contribution in [3.8, 4) is 0 Å². The quantitative estimate of drug-likeness (QED) is 0.502. The van der Waals surface area contributed by atoms with Crippen LogP contribution in [0.4, 0.5) is 0 Å². The molecule has 0 spiro atoms. The lowest BCUT2D eigenvalue weighted by molar-refractivity contribution is 0.255. The molecule has 0 N–H and O–H groups in total. The lowest BCUT2D eigenvalue weighted by Crippen LogP contribution is -2.36. The van der Waals surface area contributed by atoms with E-state index >= 15 is 0 Å². The Labute approximate surface area is 72.9 Å². The van der Waals surface area contributed by atoms with E-state index in [-0.39, 0.29) is 16.2 Å². The van der Waals surface area contributed by atoms with Crippen molar-refractivity contribution in [3.63, 3.8) is 0 Å². The molecule has 0 saturated heterocycles. The molecule has 60 valence electrons. The summed E-state index contributed by atoms with van der Waals surface area (Å²) in [6.45, 7) is 4.39. The van der Waals surface area contributed by atoms with Crippen LogP contribution >= 0.6 is 23.2 Å². The van der Waals surface area contributed by atoms with Crippen LogP contribution in [0.3, 0.4) is 0 Å². The first-order valence-corrected chi connectivity index (χ1v) is 4.69. The van der Waals surface area contributed by atoms with Gasteiger partial charge in [0.25, 0.3) is 0 Å². The summed E-state index contributed by atoms with van der Waals surface area (Å²) in [4.78, 5) is 0. The molecule has 0 aliphatic heterocycles. The Morgan fingerprint density at radius 2 is 1.90 bits per heavy atom. The third-order valence-electron chi connectivity index (χ3n) is 2.37. The normalized spacial score (nSPS) is 39.6. The van der Waals surface area contributed by atoms with E-state index in [1.807, 2.05) is 0 Å². The Bertz CT molecular complexity index is 120. The smallest absolute Gasteiger partial charge is 0.0550 e. The lowest BCUT2D eigenvalue weighted by atomic mass is 9.77. The van der Waals surface area contributed by atoms with Crippen molar-refractivity contribution >= 4 is 23.2 Å². The van der Waals surface area contributed by atoms with E-state index in [1.54, 1.807) is 0 Å². The van der Waals surface area contributed by atoms with Crippen LogP contribution in [-0.4, -0.2) is 10.8 Å². The van der Waals surface area contributed by atoms with Crippen molar-refractivity contribution in [2.45, 2.75) is 43.9 Å². The number of halogens is 2. The monoisotopic (exact) mass is 180 g/mol. The van der Waals surface area contributed by atoms with Crippen LogP contribution in [0.15, 0.2) is 0 Å². The summed E-state index contributed by atoms with van der Waals surface area (Å²) in [5.74, 6) is 0. The van der Waals surface area contributed by atoms with Gasteiger partial charge in [-0.3, -0.25) is 0 Å². The molecule has 0 radical (unpaired) electrons. The summed E-state index contributed by atoms with van der Waals surface area (Å²) >= 11 is 12.1. The largest absolute Gasteiger partial charge is 0.121 e. The third kappa shape index (κ3) is 1.60. The van der Waals surface area contributed by atoms with Crippen LogP contribution in [0.25, 0.3) is 0 Å². The Kier molecular flexibility index (Phi) is 2.52. The fourth-order valence-corrected chi connectivity index (χ4v) is 2.26. The maximum absolute atomic E-state index is 6.13. The van der Waals surface area contributed by atoms with Gasteiger partial charge in [-0.15, -0.1) is 23.2 Å². The summed E-state index contributed by atoms with van der Waals surface area (Å²) in [5, 5.41) is 0.341. The first kappa shape index (κ1) is 8.67. The highest BCUT2D eigenvalue weighted by atomic mass is 35.5. The molecule has 2 heteroatoms. The predicted molar refractivity (Wildman–Crippen MR) is 46.9 cm³/mol. The van der Waals surface area contributed by atoms with Crippen LogP contribution < -0.4 is 0 Å². The van der Waals surface area contributed by atoms with Gasteiger partial charge in [0, 0.05) is 0 Å². The van der Waals surface area contributed by atoms with Gasteiger partial charge in [0.2, 0.25) is 0 Å². The maximum Gasteiger partial charge on any atom is 0.0550 e. The van der Waals surface area contributed by atoms with Crippen molar-refractivity contribution in [2.24, 2.45) is 5.41 Å². The molecule has 0 nitrogen and oxygen atoms in total.